The predicted molar refractivity (Wildman–Crippen MR) is 144 cm³/mol. The third-order valence-corrected chi connectivity index (χ3v) is 7.14. The first-order chi connectivity index (χ1) is 19.3. The molecule has 6 aromatic rings. The molecular weight excluding hydrogens is 540 g/mol. The predicted octanol–water partition coefficient (Wildman–Crippen LogP) is 4.97. The Morgan fingerprint density at radius 3 is 2.60 bits per heavy atom. The van der Waals surface area contributed by atoms with Crippen molar-refractivity contribution >= 4 is 28.4 Å². The van der Waals surface area contributed by atoms with Gasteiger partial charge in [-0.05, 0) is 49.4 Å². The van der Waals surface area contributed by atoms with Gasteiger partial charge >= 0.3 is 0 Å². The van der Waals surface area contributed by atoms with Crippen LogP contribution in [0.1, 0.15) is 16.1 Å². The van der Waals surface area contributed by atoms with Crippen molar-refractivity contribution in [3.8, 4) is 27.9 Å². The molecule has 0 fully saturated rings. The number of rotatable bonds is 6. The molecule has 13 heteroatoms. The number of fused-ring (bicyclic) bond motifs is 1. The molecule has 0 aliphatic carbocycles. The lowest BCUT2D eigenvalue weighted by atomic mass is 10.2. The Kier molecular flexibility index (Phi) is 6.19. The number of aromatic nitrogens is 6. The van der Waals surface area contributed by atoms with Crippen molar-refractivity contribution in [2.24, 2.45) is 7.05 Å². The number of hydrogen-bond donors (Lipinski definition) is 1. The lowest BCUT2D eigenvalue weighted by Gasteiger charge is -2.10. The molecule has 6 rings (SSSR count). The van der Waals surface area contributed by atoms with E-state index in [1.54, 1.807) is 30.9 Å². The summed E-state index contributed by atoms with van der Waals surface area (Å²) in [5.74, 6) is -1.93. The fraction of sp³-hybridized carbons (Fsp3) is 0.0741. The number of amides is 1. The maximum absolute atomic E-state index is 15.1. The molecule has 0 saturated carbocycles. The molecule has 0 atom stereocenters. The number of benzene rings is 2. The van der Waals surface area contributed by atoms with Crippen LogP contribution in [0.5, 0.6) is 11.6 Å². The summed E-state index contributed by atoms with van der Waals surface area (Å²) >= 11 is 1.43. The van der Waals surface area contributed by atoms with Crippen molar-refractivity contribution in [1.29, 1.82) is 0 Å². The van der Waals surface area contributed by atoms with E-state index in [-0.39, 0.29) is 22.9 Å². The average molecular weight is 560 g/mol. The fourth-order valence-electron chi connectivity index (χ4n) is 4.33. The van der Waals surface area contributed by atoms with Crippen LogP contribution in [0.4, 0.5) is 14.5 Å². The van der Waals surface area contributed by atoms with Gasteiger partial charge in [0.2, 0.25) is 5.88 Å². The normalized spacial score (nSPS) is 11.2. The molecule has 0 aliphatic heterocycles. The molecule has 0 radical (unpaired) electrons. The zero-order valence-electron chi connectivity index (χ0n) is 21.0. The van der Waals surface area contributed by atoms with Crippen LogP contribution in [-0.4, -0.2) is 34.9 Å². The Morgan fingerprint density at radius 2 is 1.88 bits per heavy atom. The summed E-state index contributed by atoms with van der Waals surface area (Å²) in [5, 5.41) is 9.31. The van der Waals surface area contributed by atoms with Gasteiger partial charge in [0.15, 0.2) is 11.6 Å². The molecule has 2 aromatic carbocycles. The maximum Gasteiger partial charge on any atom is 0.284 e. The summed E-state index contributed by atoms with van der Waals surface area (Å²) in [6, 6.07) is 11.0. The van der Waals surface area contributed by atoms with E-state index in [2.05, 4.69) is 20.4 Å². The summed E-state index contributed by atoms with van der Waals surface area (Å²) < 4.78 is 38.6. The molecule has 10 nitrogen and oxygen atoms in total. The number of nitrogens with zero attached hydrogens (tertiary/aromatic N) is 6. The van der Waals surface area contributed by atoms with E-state index < -0.39 is 23.1 Å². The van der Waals surface area contributed by atoms with Crippen molar-refractivity contribution in [2.75, 3.05) is 5.32 Å². The third kappa shape index (κ3) is 4.31. The molecule has 0 aliphatic rings. The number of thiazole rings is 1. The van der Waals surface area contributed by atoms with Gasteiger partial charge in [0.1, 0.15) is 28.2 Å². The smallest absolute Gasteiger partial charge is 0.284 e. The molecule has 40 heavy (non-hydrogen) atoms. The second kappa shape index (κ2) is 9.85. The van der Waals surface area contributed by atoms with E-state index >= 15 is 4.39 Å². The molecule has 0 unspecified atom stereocenters. The molecule has 1 amide bonds. The minimum absolute atomic E-state index is 0.116. The van der Waals surface area contributed by atoms with Gasteiger partial charge in [0.05, 0.1) is 11.4 Å². The second-order valence-corrected chi connectivity index (χ2v) is 9.60. The third-order valence-electron chi connectivity index (χ3n) is 6.33. The molecule has 4 aromatic heterocycles. The highest BCUT2D eigenvalue weighted by atomic mass is 32.1. The highest BCUT2D eigenvalue weighted by molar-refractivity contribution is 7.13. The summed E-state index contributed by atoms with van der Waals surface area (Å²) in [5.41, 5.74) is 1.42. The topological polar surface area (TPSA) is 108 Å². The Hall–Kier alpha value is -5.17. The van der Waals surface area contributed by atoms with Crippen LogP contribution in [0, 0.1) is 18.6 Å². The number of anilines is 1. The van der Waals surface area contributed by atoms with Crippen LogP contribution in [0.3, 0.4) is 0 Å². The van der Waals surface area contributed by atoms with Crippen LogP contribution >= 0.6 is 11.3 Å². The lowest BCUT2D eigenvalue weighted by Crippen LogP contribution is -2.25. The standard InChI is InChI=1S/C27H19F2N7O3S/c1-15-22(27(38)36(34(15)2)18-6-3-16(28)4-7-18)24(37)33-17-5-8-21(20(29)13-17)39-25-23-19(26-30-10-12-40-26)9-11-35(23)32-14-31-25/h3-14H,1-2H3,(H,33,37). The highest BCUT2D eigenvalue weighted by Crippen LogP contribution is 2.34. The van der Waals surface area contributed by atoms with Crippen molar-refractivity contribution in [3.05, 3.63) is 106 Å². The van der Waals surface area contributed by atoms with Gasteiger partial charge in [-0.25, -0.2) is 23.0 Å². The van der Waals surface area contributed by atoms with E-state index in [0.29, 0.717) is 16.9 Å². The van der Waals surface area contributed by atoms with Crippen LogP contribution in [-0.2, 0) is 7.05 Å². The molecule has 1 N–H and O–H groups in total. The lowest BCUT2D eigenvalue weighted by molar-refractivity contribution is 0.102. The molecular formula is C27H19F2N7O3S. The summed E-state index contributed by atoms with van der Waals surface area (Å²) in [7, 11) is 1.61. The quantitative estimate of drug-likeness (QED) is 0.309. The monoisotopic (exact) mass is 559 g/mol. The number of nitrogens with one attached hydrogen (secondary N) is 1. The van der Waals surface area contributed by atoms with Gasteiger partial charge in [-0.15, -0.1) is 11.3 Å². The SMILES string of the molecule is Cc1c(C(=O)Nc2ccc(Oc3ncnn4ccc(-c5nccs5)c34)c(F)c2)c(=O)n(-c2ccc(F)cc2)n1C. The van der Waals surface area contributed by atoms with E-state index in [4.69, 9.17) is 4.74 Å². The van der Waals surface area contributed by atoms with Gasteiger partial charge in [-0.2, -0.15) is 10.1 Å². The average Bonchev–Trinajstić information content (AvgIpc) is 3.66. The molecule has 0 bridgehead atoms. The van der Waals surface area contributed by atoms with Gasteiger partial charge in [-0.1, -0.05) is 0 Å². The number of hydrogen-bond acceptors (Lipinski definition) is 7. The molecule has 4 heterocycles. The molecule has 0 spiro atoms. The first-order valence-corrected chi connectivity index (χ1v) is 12.8. The Balaban J connectivity index is 1.27. The van der Waals surface area contributed by atoms with E-state index in [9.17, 15) is 14.0 Å². The first kappa shape index (κ1) is 25.1. The highest BCUT2D eigenvalue weighted by Gasteiger charge is 2.23. The Morgan fingerprint density at radius 1 is 1.07 bits per heavy atom. The summed E-state index contributed by atoms with van der Waals surface area (Å²) in [4.78, 5) is 34.7. The zero-order chi connectivity index (χ0) is 28.0. The van der Waals surface area contributed by atoms with Crippen LogP contribution in [0.25, 0.3) is 21.8 Å². The largest absolute Gasteiger partial charge is 0.434 e. The number of ether oxygens (including phenoxy) is 1. The second-order valence-electron chi connectivity index (χ2n) is 8.70. The van der Waals surface area contributed by atoms with E-state index in [1.807, 2.05) is 11.4 Å². The van der Waals surface area contributed by atoms with Gasteiger partial charge in [0.25, 0.3) is 11.5 Å². The maximum atomic E-state index is 15.1. The zero-order valence-corrected chi connectivity index (χ0v) is 21.8. The Bertz CT molecular complexity index is 1940. The van der Waals surface area contributed by atoms with Crippen molar-refractivity contribution in [3.63, 3.8) is 0 Å². The molecule has 200 valence electrons. The minimum Gasteiger partial charge on any atom is -0.434 e. The fourth-order valence-corrected chi connectivity index (χ4v) is 5.00. The molecule has 0 saturated heterocycles. The van der Waals surface area contributed by atoms with Crippen LogP contribution in [0.15, 0.2) is 77.4 Å². The van der Waals surface area contributed by atoms with Crippen molar-refractivity contribution in [1.82, 2.24) is 28.9 Å². The van der Waals surface area contributed by atoms with Gasteiger partial charge < -0.3 is 10.1 Å². The number of carbonyl (C=O) groups excluding carboxylic acids is 1. The number of halogens is 2. The van der Waals surface area contributed by atoms with E-state index in [1.165, 1.54) is 63.4 Å². The Labute approximate surface area is 228 Å². The summed E-state index contributed by atoms with van der Waals surface area (Å²) in [6.07, 6.45) is 4.70. The number of carbonyl (C=O) groups is 1. The van der Waals surface area contributed by atoms with E-state index in [0.717, 1.165) is 16.6 Å². The summed E-state index contributed by atoms with van der Waals surface area (Å²) in [6.45, 7) is 1.61. The van der Waals surface area contributed by atoms with Gasteiger partial charge in [-0.3, -0.25) is 14.3 Å². The van der Waals surface area contributed by atoms with Crippen molar-refractivity contribution < 1.29 is 18.3 Å². The van der Waals surface area contributed by atoms with Crippen LogP contribution < -0.4 is 15.6 Å². The van der Waals surface area contributed by atoms with Crippen LogP contribution in [0.2, 0.25) is 0 Å². The minimum atomic E-state index is -0.759. The van der Waals surface area contributed by atoms with Crippen molar-refractivity contribution in [2.45, 2.75) is 6.92 Å². The van der Waals surface area contributed by atoms with Gasteiger partial charge in [0, 0.05) is 42.1 Å². The first-order valence-electron chi connectivity index (χ1n) is 11.9.